The Bertz CT molecular complexity index is 665. The van der Waals surface area contributed by atoms with Gasteiger partial charge in [0.2, 0.25) is 0 Å². The molecule has 0 radical (unpaired) electrons. The zero-order valence-corrected chi connectivity index (χ0v) is 11.9. The van der Waals surface area contributed by atoms with Crippen LogP contribution in [0.3, 0.4) is 0 Å². The van der Waals surface area contributed by atoms with Crippen molar-refractivity contribution in [3.05, 3.63) is 57.3 Å². The molecule has 0 bridgehead atoms. The Balaban J connectivity index is 2.25. The summed E-state index contributed by atoms with van der Waals surface area (Å²) >= 11 is 9.15. The van der Waals surface area contributed by atoms with E-state index in [4.69, 9.17) is 16.9 Å². The summed E-state index contributed by atoms with van der Waals surface area (Å²) in [5.74, 6) is -0.383. The molecular weight excluding hydrogens is 330 g/mol. The van der Waals surface area contributed by atoms with Crippen LogP contribution in [0.5, 0.6) is 0 Å². The van der Waals surface area contributed by atoms with E-state index in [0.29, 0.717) is 20.9 Å². The number of hydrogen-bond acceptors (Lipinski definition) is 3. The number of benzene rings is 1. The van der Waals surface area contributed by atoms with Gasteiger partial charge in [-0.15, -0.1) is 0 Å². The smallest absolute Gasteiger partial charge is 0.257 e. The average Bonchev–Trinajstić information content (AvgIpc) is 2.42. The third kappa shape index (κ3) is 3.31. The summed E-state index contributed by atoms with van der Waals surface area (Å²) < 4.78 is 0.676. The van der Waals surface area contributed by atoms with Crippen molar-refractivity contribution in [2.24, 2.45) is 0 Å². The van der Waals surface area contributed by atoms with Crippen LogP contribution in [0.4, 0.5) is 5.69 Å². The van der Waals surface area contributed by atoms with E-state index in [9.17, 15) is 4.79 Å². The van der Waals surface area contributed by atoms with Gasteiger partial charge in [-0.25, -0.2) is 4.98 Å². The quantitative estimate of drug-likeness (QED) is 0.852. The van der Waals surface area contributed by atoms with Crippen molar-refractivity contribution in [3.8, 4) is 6.07 Å². The normalized spacial score (nSPS) is 9.74. The van der Waals surface area contributed by atoms with Crippen molar-refractivity contribution in [3.63, 3.8) is 0 Å². The third-order valence-electron chi connectivity index (χ3n) is 2.33. The Kier molecular flexibility index (Phi) is 4.15. The molecule has 0 aliphatic rings. The number of rotatable bonds is 2. The fraction of sp³-hybridized carbons (Fsp3) is 0. The summed E-state index contributed by atoms with van der Waals surface area (Å²) in [6, 6.07) is 9.91. The lowest BCUT2D eigenvalue weighted by molar-refractivity contribution is 0.102. The summed E-state index contributed by atoms with van der Waals surface area (Å²) in [5, 5.41) is 11.8. The molecule has 1 aromatic carbocycles. The fourth-order valence-electron chi connectivity index (χ4n) is 1.42. The number of hydrogen-bond donors (Lipinski definition) is 1. The van der Waals surface area contributed by atoms with Crippen LogP contribution >= 0.6 is 27.5 Å². The van der Waals surface area contributed by atoms with Crippen molar-refractivity contribution >= 4 is 39.1 Å². The van der Waals surface area contributed by atoms with E-state index < -0.39 is 0 Å². The number of nitriles is 1. The maximum absolute atomic E-state index is 12.0. The van der Waals surface area contributed by atoms with E-state index in [-0.39, 0.29) is 11.5 Å². The van der Waals surface area contributed by atoms with Crippen molar-refractivity contribution < 1.29 is 4.79 Å². The van der Waals surface area contributed by atoms with Crippen LogP contribution in [0.2, 0.25) is 5.02 Å². The monoisotopic (exact) mass is 335 g/mol. The Labute approximate surface area is 123 Å². The molecule has 0 spiro atoms. The van der Waals surface area contributed by atoms with Gasteiger partial charge in [0, 0.05) is 0 Å². The molecule has 2 rings (SSSR count). The lowest BCUT2D eigenvalue weighted by Crippen LogP contribution is -2.12. The van der Waals surface area contributed by atoms with Gasteiger partial charge in [0.25, 0.3) is 5.91 Å². The van der Waals surface area contributed by atoms with Crippen LogP contribution in [0.25, 0.3) is 0 Å². The van der Waals surface area contributed by atoms with Gasteiger partial charge in [-0.1, -0.05) is 11.6 Å². The van der Waals surface area contributed by atoms with Gasteiger partial charge in [-0.05, 0) is 46.3 Å². The molecule has 0 atom stereocenters. The molecule has 0 aliphatic carbocycles. The van der Waals surface area contributed by atoms with Crippen LogP contribution < -0.4 is 5.32 Å². The Hall–Kier alpha value is -1.90. The molecule has 0 saturated carbocycles. The number of nitrogens with one attached hydrogen (secondary N) is 1. The van der Waals surface area contributed by atoms with E-state index in [2.05, 4.69) is 26.2 Å². The summed E-state index contributed by atoms with van der Waals surface area (Å²) in [7, 11) is 0. The van der Waals surface area contributed by atoms with Gasteiger partial charge in [-0.3, -0.25) is 4.79 Å². The second-order valence-electron chi connectivity index (χ2n) is 3.63. The molecular formula is C13H7BrClN3O. The standard InChI is InChI=1S/C13H7BrClN3O/c14-12-4-2-9(7-17-12)18-13(19)10-5-8(6-16)1-3-11(10)15/h1-5,7H,(H,18,19). The molecule has 2 aromatic rings. The molecule has 0 fully saturated rings. The second-order valence-corrected chi connectivity index (χ2v) is 4.85. The fourth-order valence-corrected chi connectivity index (χ4v) is 1.85. The van der Waals surface area contributed by atoms with Gasteiger partial charge in [0.1, 0.15) is 4.60 Å². The van der Waals surface area contributed by atoms with E-state index in [0.717, 1.165) is 0 Å². The van der Waals surface area contributed by atoms with E-state index in [1.165, 1.54) is 18.3 Å². The van der Waals surface area contributed by atoms with Crippen LogP contribution in [-0.4, -0.2) is 10.9 Å². The molecule has 0 saturated heterocycles. The highest BCUT2D eigenvalue weighted by atomic mass is 79.9. The predicted molar refractivity (Wildman–Crippen MR) is 76.1 cm³/mol. The van der Waals surface area contributed by atoms with Gasteiger partial charge in [-0.2, -0.15) is 5.26 Å². The number of nitrogens with zero attached hydrogens (tertiary/aromatic N) is 2. The first-order valence-electron chi connectivity index (χ1n) is 5.22. The third-order valence-corrected chi connectivity index (χ3v) is 3.12. The summed E-state index contributed by atoms with van der Waals surface area (Å²) in [4.78, 5) is 16.0. The second kappa shape index (κ2) is 5.83. The first kappa shape index (κ1) is 13.5. The number of anilines is 1. The molecule has 1 aromatic heterocycles. The Morgan fingerprint density at radius 3 is 2.79 bits per heavy atom. The van der Waals surface area contributed by atoms with Crippen molar-refractivity contribution in [2.45, 2.75) is 0 Å². The van der Waals surface area contributed by atoms with Gasteiger partial charge < -0.3 is 5.32 Å². The molecule has 0 unspecified atom stereocenters. The minimum atomic E-state index is -0.383. The largest absolute Gasteiger partial charge is 0.321 e. The first-order chi connectivity index (χ1) is 9.10. The summed E-state index contributed by atoms with van der Waals surface area (Å²) in [5.41, 5.74) is 1.18. The number of pyridine rings is 1. The molecule has 0 aliphatic heterocycles. The maximum atomic E-state index is 12.0. The van der Waals surface area contributed by atoms with Crippen molar-refractivity contribution in [1.82, 2.24) is 4.98 Å². The molecule has 6 heteroatoms. The minimum absolute atomic E-state index is 0.253. The minimum Gasteiger partial charge on any atom is -0.321 e. The molecule has 1 heterocycles. The van der Waals surface area contributed by atoms with E-state index in [1.807, 2.05) is 6.07 Å². The molecule has 4 nitrogen and oxygen atoms in total. The molecule has 94 valence electrons. The first-order valence-corrected chi connectivity index (χ1v) is 6.40. The van der Waals surface area contributed by atoms with Crippen LogP contribution in [0.1, 0.15) is 15.9 Å². The van der Waals surface area contributed by atoms with Crippen LogP contribution in [0, 0.1) is 11.3 Å². The predicted octanol–water partition coefficient (Wildman–Crippen LogP) is 3.62. The highest BCUT2D eigenvalue weighted by Gasteiger charge is 2.11. The molecule has 1 N–H and O–H groups in total. The number of carbonyl (C=O) groups excluding carboxylic acids is 1. The van der Waals surface area contributed by atoms with Crippen molar-refractivity contribution in [1.29, 1.82) is 5.26 Å². The van der Waals surface area contributed by atoms with Crippen LogP contribution in [0.15, 0.2) is 41.1 Å². The van der Waals surface area contributed by atoms with E-state index >= 15 is 0 Å². The van der Waals surface area contributed by atoms with E-state index in [1.54, 1.807) is 18.2 Å². The van der Waals surface area contributed by atoms with Crippen molar-refractivity contribution in [2.75, 3.05) is 5.32 Å². The average molecular weight is 337 g/mol. The lowest BCUT2D eigenvalue weighted by atomic mass is 10.1. The lowest BCUT2D eigenvalue weighted by Gasteiger charge is -2.06. The Morgan fingerprint density at radius 1 is 1.37 bits per heavy atom. The highest BCUT2D eigenvalue weighted by molar-refractivity contribution is 9.10. The van der Waals surface area contributed by atoms with Gasteiger partial charge in [0.05, 0.1) is 34.1 Å². The SMILES string of the molecule is N#Cc1ccc(Cl)c(C(=O)Nc2ccc(Br)nc2)c1. The maximum Gasteiger partial charge on any atom is 0.257 e. The zero-order valence-electron chi connectivity index (χ0n) is 9.52. The molecule has 1 amide bonds. The zero-order chi connectivity index (χ0) is 13.8. The number of amides is 1. The highest BCUT2D eigenvalue weighted by Crippen LogP contribution is 2.19. The number of carbonyl (C=O) groups is 1. The summed E-state index contributed by atoms with van der Waals surface area (Å²) in [6.45, 7) is 0. The molecule has 19 heavy (non-hydrogen) atoms. The van der Waals surface area contributed by atoms with Crippen LogP contribution in [-0.2, 0) is 0 Å². The van der Waals surface area contributed by atoms with Gasteiger partial charge in [0.15, 0.2) is 0 Å². The number of halogens is 2. The van der Waals surface area contributed by atoms with Gasteiger partial charge >= 0.3 is 0 Å². The topological polar surface area (TPSA) is 65.8 Å². The Morgan fingerprint density at radius 2 is 2.16 bits per heavy atom. The summed E-state index contributed by atoms with van der Waals surface area (Å²) in [6.07, 6.45) is 1.52. The number of aromatic nitrogens is 1.